The largest absolute Gasteiger partial charge is 0.496 e. The third-order valence-corrected chi connectivity index (χ3v) is 7.28. The SMILES string of the molecule is COc1cc(C(=O)OCC(=O)Nc2ccc(OC)c(S(=O)(=O)N3CCCCC3)c2)ccc1C. The van der Waals surface area contributed by atoms with Gasteiger partial charge in [-0.1, -0.05) is 12.5 Å². The topological polar surface area (TPSA) is 111 Å². The van der Waals surface area contributed by atoms with E-state index < -0.39 is 28.5 Å². The molecule has 0 unspecified atom stereocenters. The zero-order valence-electron chi connectivity index (χ0n) is 18.9. The number of carbonyl (C=O) groups excluding carboxylic acids is 2. The Kier molecular flexibility index (Phi) is 7.93. The second-order valence-electron chi connectivity index (χ2n) is 7.64. The van der Waals surface area contributed by atoms with Crippen LogP contribution in [-0.4, -0.2) is 58.5 Å². The van der Waals surface area contributed by atoms with E-state index in [2.05, 4.69) is 5.32 Å². The van der Waals surface area contributed by atoms with Gasteiger partial charge in [-0.05, 0) is 55.7 Å². The fourth-order valence-corrected chi connectivity index (χ4v) is 5.26. The van der Waals surface area contributed by atoms with Gasteiger partial charge in [0.25, 0.3) is 5.91 Å². The first-order valence-corrected chi connectivity index (χ1v) is 12.0. The van der Waals surface area contributed by atoms with E-state index in [4.69, 9.17) is 14.2 Å². The predicted octanol–water partition coefficient (Wildman–Crippen LogP) is 2.98. The highest BCUT2D eigenvalue weighted by Gasteiger charge is 2.29. The Morgan fingerprint density at radius 3 is 2.33 bits per heavy atom. The lowest BCUT2D eigenvalue weighted by atomic mass is 10.1. The van der Waals surface area contributed by atoms with Crippen LogP contribution in [0.5, 0.6) is 11.5 Å². The molecule has 1 fully saturated rings. The molecule has 2 aromatic rings. The zero-order valence-corrected chi connectivity index (χ0v) is 19.7. The molecule has 1 N–H and O–H groups in total. The van der Waals surface area contributed by atoms with Crippen molar-refractivity contribution < 1.29 is 32.2 Å². The highest BCUT2D eigenvalue weighted by atomic mass is 32.2. The highest BCUT2D eigenvalue weighted by Crippen LogP contribution is 2.31. The van der Waals surface area contributed by atoms with E-state index in [9.17, 15) is 18.0 Å². The Bertz CT molecular complexity index is 1130. The molecule has 0 radical (unpaired) electrons. The van der Waals surface area contributed by atoms with E-state index in [0.29, 0.717) is 18.8 Å². The molecule has 0 saturated carbocycles. The van der Waals surface area contributed by atoms with Crippen LogP contribution in [-0.2, 0) is 19.6 Å². The number of nitrogens with one attached hydrogen (secondary N) is 1. The van der Waals surface area contributed by atoms with Crippen molar-refractivity contribution in [2.24, 2.45) is 0 Å². The maximum absolute atomic E-state index is 13.1. The fourth-order valence-electron chi connectivity index (χ4n) is 3.56. The summed E-state index contributed by atoms with van der Waals surface area (Å²) >= 11 is 0. The van der Waals surface area contributed by atoms with Crippen LogP contribution in [0.2, 0.25) is 0 Å². The molecule has 3 rings (SSSR count). The van der Waals surface area contributed by atoms with Gasteiger partial charge in [-0.15, -0.1) is 0 Å². The summed E-state index contributed by atoms with van der Waals surface area (Å²) in [6.07, 6.45) is 2.60. The van der Waals surface area contributed by atoms with Crippen molar-refractivity contribution in [2.75, 3.05) is 39.2 Å². The van der Waals surface area contributed by atoms with E-state index in [1.165, 1.54) is 42.8 Å². The van der Waals surface area contributed by atoms with Gasteiger partial charge in [0.05, 0.1) is 19.8 Å². The minimum absolute atomic E-state index is 0.0200. The Hall–Kier alpha value is -3.11. The zero-order chi connectivity index (χ0) is 24.0. The molecule has 0 aliphatic carbocycles. The minimum atomic E-state index is -3.78. The van der Waals surface area contributed by atoms with Crippen molar-refractivity contribution in [1.82, 2.24) is 4.31 Å². The van der Waals surface area contributed by atoms with Crippen molar-refractivity contribution in [3.05, 3.63) is 47.5 Å². The number of ether oxygens (including phenoxy) is 3. The molecule has 2 aromatic carbocycles. The molecule has 10 heteroatoms. The molecule has 1 saturated heterocycles. The molecular formula is C23H28N2O7S. The predicted molar refractivity (Wildman–Crippen MR) is 122 cm³/mol. The van der Waals surface area contributed by atoms with Crippen LogP contribution in [0, 0.1) is 6.92 Å². The van der Waals surface area contributed by atoms with E-state index in [-0.39, 0.29) is 21.9 Å². The van der Waals surface area contributed by atoms with Crippen molar-refractivity contribution in [3.8, 4) is 11.5 Å². The summed E-state index contributed by atoms with van der Waals surface area (Å²) in [7, 11) is -0.885. The number of esters is 1. The number of nitrogens with zero attached hydrogens (tertiary/aromatic N) is 1. The summed E-state index contributed by atoms with van der Waals surface area (Å²) in [5, 5.41) is 2.57. The quantitative estimate of drug-likeness (QED) is 0.583. The number of piperidine rings is 1. The normalized spacial score (nSPS) is 14.4. The van der Waals surface area contributed by atoms with Crippen LogP contribution in [0.4, 0.5) is 5.69 Å². The van der Waals surface area contributed by atoms with Gasteiger partial charge in [-0.25, -0.2) is 13.2 Å². The van der Waals surface area contributed by atoms with Crippen LogP contribution in [0.1, 0.15) is 35.2 Å². The first-order chi connectivity index (χ1) is 15.8. The number of rotatable bonds is 8. The second-order valence-corrected chi connectivity index (χ2v) is 9.55. The first kappa shape index (κ1) is 24.5. The summed E-state index contributed by atoms with van der Waals surface area (Å²) in [5.74, 6) is -0.548. The fraction of sp³-hybridized carbons (Fsp3) is 0.391. The number of amides is 1. The molecule has 0 aromatic heterocycles. The average molecular weight is 477 g/mol. The third-order valence-electron chi connectivity index (χ3n) is 5.36. The molecule has 1 heterocycles. The van der Waals surface area contributed by atoms with Gasteiger partial charge < -0.3 is 19.5 Å². The molecule has 0 atom stereocenters. The number of sulfonamides is 1. The van der Waals surface area contributed by atoms with Crippen molar-refractivity contribution in [3.63, 3.8) is 0 Å². The Balaban J connectivity index is 1.68. The van der Waals surface area contributed by atoms with Crippen LogP contribution in [0.15, 0.2) is 41.3 Å². The third kappa shape index (κ3) is 5.82. The molecular weight excluding hydrogens is 448 g/mol. The minimum Gasteiger partial charge on any atom is -0.496 e. The molecule has 0 spiro atoms. The Morgan fingerprint density at radius 2 is 1.67 bits per heavy atom. The molecule has 1 aliphatic heterocycles. The average Bonchev–Trinajstić information content (AvgIpc) is 2.83. The monoisotopic (exact) mass is 476 g/mol. The molecule has 33 heavy (non-hydrogen) atoms. The Labute approximate surface area is 193 Å². The van der Waals surface area contributed by atoms with Gasteiger partial charge in [0, 0.05) is 18.8 Å². The highest BCUT2D eigenvalue weighted by molar-refractivity contribution is 7.89. The second kappa shape index (κ2) is 10.7. The van der Waals surface area contributed by atoms with Crippen molar-refractivity contribution in [1.29, 1.82) is 0 Å². The maximum atomic E-state index is 13.1. The summed E-state index contributed by atoms with van der Waals surface area (Å²) in [5.41, 5.74) is 1.37. The molecule has 9 nitrogen and oxygen atoms in total. The number of anilines is 1. The smallest absolute Gasteiger partial charge is 0.338 e. The van der Waals surface area contributed by atoms with Crippen LogP contribution in [0.25, 0.3) is 0 Å². The van der Waals surface area contributed by atoms with Crippen LogP contribution >= 0.6 is 0 Å². The van der Waals surface area contributed by atoms with E-state index in [1.54, 1.807) is 12.1 Å². The van der Waals surface area contributed by atoms with Crippen LogP contribution in [0.3, 0.4) is 0 Å². The van der Waals surface area contributed by atoms with E-state index >= 15 is 0 Å². The number of hydrogen-bond acceptors (Lipinski definition) is 7. The number of benzene rings is 2. The standard InChI is InChI=1S/C23H28N2O7S/c1-16-7-8-17(13-20(16)31-3)23(27)32-15-22(26)24-18-9-10-19(30-2)21(14-18)33(28,29)25-11-5-4-6-12-25/h7-10,13-14H,4-6,11-12,15H2,1-3H3,(H,24,26). The maximum Gasteiger partial charge on any atom is 0.338 e. The number of methoxy groups -OCH3 is 2. The number of aryl methyl sites for hydroxylation is 1. The molecule has 1 aliphatic rings. The van der Waals surface area contributed by atoms with Gasteiger partial charge in [0.15, 0.2) is 6.61 Å². The lowest BCUT2D eigenvalue weighted by Crippen LogP contribution is -2.35. The Morgan fingerprint density at radius 1 is 0.970 bits per heavy atom. The lowest BCUT2D eigenvalue weighted by Gasteiger charge is -2.26. The summed E-state index contributed by atoms with van der Waals surface area (Å²) in [4.78, 5) is 24.6. The molecule has 178 valence electrons. The van der Waals surface area contributed by atoms with Gasteiger partial charge in [0.2, 0.25) is 10.0 Å². The molecule has 0 bridgehead atoms. The van der Waals surface area contributed by atoms with Gasteiger partial charge in [-0.2, -0.15) is 4.31 Å². The van der Waals surface area contributed by atoms with E-state index in [0.717, 1.165) is 24.8 Å². The van der Waals surface area contributed by atoms with Gasteiger partial charge >= 0.3 is 5.97 Å². The summed E-state index contributed by atoms with van der Waals surface area (Å²) in [6, 6.07) is 9.20. The van der Waals surface area contributed by atoms with Crippen molar-refractivity contribution >= 4 is 27.6 Å². The summed E-state index contributed by atoms with van der Waals surface area (Å²) in [6.45, 7) is 2.20. The molecule has 1 amide bonds. The number of carbonyl (C=O) groups is 2. The van der Waals surface area contributed by atoms with E-state index in [1.807, 2.05) is 6.92 Å². The lowest BCUT2D eigenvalue weighted by molar-refractivity contribution is -0.119. The first-order valence-electron chi connectivity index (χ1n) is 10.6. The van der Waals surface area contributed by atoms with Gasteiger partial charge in [0.1, 0.15) is 16.4 Å². The van der Waals surface area contributed by atoms with Gasteiger partial charge in [-0.3, -0.25) is 4.79 Å². The van der Waals surface area contributed by atoms with Crippen LogP contribution < -0.4 is 14.8 Å². The summed E-state index contributed by atoms with van der Waals surface area (Å²) < 4.78 is 43.2. The van der Waals surface area contributed by atoms with Crippen molar-refractivity contribution in [2.45, 2.75) is 31.1 Å². The number of hydrogen-bond donors (Lipinski definition) is 1.